The highest BCUT2D eigenvalue weighted by Gasteiger charge is 2.71. The van der Waals surface area contributed by atoms with Gasteiger partial charge in [-0.25, -0.2) is 5.21 Å². The molecule has 184 valence electrons. The number of hydrogen-bond acceptors (Lipinski definition) is 6. The fourth-order valence-corrected chi connectivity index (χ4v) is 8.52. The number of fused-ring (bicyclic) bond motifs is 2. The molecule has 6 aliphatic rings. The lowest BCUT2D eigenvalue weighted by molar-refractivity contribution is -0.991. The number of rotatable bonds is 3. The summed E-state index contributed by atoms with van der Waals surface area (Å²) in [7, 11) is 0. The Morgan fingerprint density at radius 1 is 1.25 bits per heavy atom. The Morgan fingerprint density at radius 3 is 3.06 bits per heavy atom. The molecule has 1 saturated carbocycles. The number of aliphatic imine (C=N–C) groups is 1. The van der Waals surface area contributed by atoms with Crippen molar-refractivity contribution in [3.63, 3.8) is 0 Å². The van der Waals surface area contributed by atoms with Crippen LogP contribution in [0.1, 0.15) is 30.4 Å². The summed E-state index contributed by atoms with van der Waals surface area (Å²) in [5.41, 5.74) is 5.58. The van der Waals surface area contributed by atoms with Crippen LogP contribution < -0.4 is 10.1 Å². The minimum atomic E-state index is -0.948. The minimum absolute atomic E-state index is 0.00390. The lowest BCUT2D eigenvalue weighted by Gasteiger charge is -2.58. The second-order valence-electron chi connectivity index (χ2n) is 11.1. The first-order valence-corrected chi connectivity index (χ1v) is 12.9. The van der Waals surface area contributed by atoms with Gasteiger partial charge in [-0.05, 0) is 54.6 Å². The van der Waals surface area contributed by atoms with Gasteiger partial charge in [-0.2, -0.15) is 5.23 Å². The van der Waals surface area contributed by atoms with Crippen LogP contribution in [-0.4, -0.2) is 60.1 Å². The van der Waals surface area contributed by atoms with Crippen LogP contribution in [0.15, 0.2) is 59.1 Å². The van der Waals surface area contributed by atoms with E-state index in [0.29, 0.717) is 30.9 Å². The molecule has 3 saturated heterocycles. The summed E-state index contributed by atoms with van der Waals surface area (Å²) in [5, 5.41) is 19.7. The van der Waals surface area contributed by atoms with Gasteiger partial charge in [-0.1, -0.05) is 23.8 Å². The number of benzene rings is 2. The zero-order valence-corrected chi connectivity index (χ0v) is 19.8. The maximum Gasteiger partial charge on any atom is 0.229 e. The van der Waals surface area contributed by atoms with Gasteiger partial charge in [-0.3, -0.25) is 14.7 Å². The minimum Gasteiger partial charge on any atom is -0.595 e. The monoisotopic (exact) mass is 484 g/mol. The zero-order chi connectivity index (χ0) is 24.2. The molecule has 5 heterocycles. The molecule has 1 spiro atoms. The average molecular weight is 485 g/mol. The molecule has 5 unspecified atom stereocenters. The predicted octanol–water partition coefficient (Wildman–Crippen LogP) is 2.25. The van der Waals surface area contributed by atoms with Crippen molar-refractivity contribution >= 4 is 29.2 Å². The molecule has 2 aromatic carbocycles. The number of ether oxygens (including phenoxy) is 1. The number of anilines is 1. The number of carbonyl (C=O) groups is 1. The maximum absolute atomic E-state index is 13.6. The molecule has 8 heteroatoms. The third kappa shape index (κ3) is 2.65. The number of piperidine rings is 2. The molecule has 8 rings (SSSR count). The van der Waals surface area contributed by atoms with Crippen LogP contribution in [-0.2, 0) is 14.9 Å². The summed E-state index contributed by atoms with van der Waals surface area (Å²) < 4.78 is 6.32. The number of nitrogens with zero attached hydrogens (tertiary/aromatic N) is 3. The van der Waals surface area contributed by atoms with Gasteiger partial charge in [-0.15, -0.1) is 0 Å². The van der Waals surface area contributed by atoms with Crippen LogP contribution in [0.3, 0.4) is 0 Å². The summed E-state index contributed by atoms with van der Waals surface area (Å²) in [6.45, 7) is 2.70. The number of amides is 1. The van der Waals surface area contributed by atoms with E-state index in [1.165, 1.54) is 11.1 Å². The van der Waals surface area contributed by atoms with Crippen molar-refractivity contribution in [2.75, 3.05) is 24.6 Å². The molecule has 2 bridgehead atoms. The van der Waals surface area contributed by atoms with E-state index in [-0.39, 0.29) is 29.2 Å². The Bertz CT molecular complexity index is 1350. The molecule has 8 nitrogen and oxygen atoms in total. The summed E-state index contributed by atoms with van der Waals surface area (Å²) >= 11 is 0. The van der Waals surface area contributed by atoms with E-state index in [1.807, 2.05) is 12.1 Å². The molecule has 2 aromatic rings. The standard InChI is InChI=1S/C28H28N4O4/c33-25-13-23-26-20-12-24-28(7-8-30(24)15-17(20)6-9-36-23)21-11-18(4-5-22(21)31(25)27(26)28)29-14-16-2-1-3-19(10-16)32(34)35/h1-6,10-11,14,20,23-24,26-27,32,34H,7-9,12-13,15H2/t20-,23?,24-,26?,27?,28?/m0/s1. The van der Waals surface area contributed by atoms with Crippen molar-refractivity contribution in [3.05, 3.63) is 70.4 Å². The Labute approximate surface area is 209 Å². The largest absolute Gasteiger partial charge is 0.595 e. The highest BCUT2D eigenvalue weighted by atomic mass is 16.8. The topological polar surface area (TPSA) is 92.9 Å². The van der Waals surface area contributed by atoms with Gasteiger partial charge >= 0.3 is 0 Å². The first-order chi connectivity index (χ1) is 17.5. The summed E-state index contributed by atoms with van der Waals surface area (Å²) in [4.78, 5) is 23.1. The summed E-state index contributed by atoms with van der Waals surface area (Å²) in [6.07, 6.45) is 6.68. The van der Waals surface area contributed by atoms with Crippen molar-refractivity contribution in [2.45, 2.75) is 42.9 Å². The van der Waals surface area contributed by atoms with E-state index in [4.69, 9.17) is 9.73 Å². The SMILES string of the molecule is O=C1CC2OCC=C3CN4CCC56c7cc(N=Cc8cccc([NH+]([O-])O)c8)ccc7N1C5C2[C@H]3C[C@H]46. The van der Waals surface area contributed by atoms with Crippen LogP contribution >= 0.6 is 0 Å². The Balaban J connectivity index is 1.24. The smallest absolute Gasteiger partial charge is 0.229 e. The van der Waals surface area contributed by atoms with Crippen molar-refractivity contribution in [1.82, 2.24) is 4.90 Å². The Kier molecular flexibility index (Phi) is 4.33. The second-order valence-corrected chi connectivity index (χ2v) is 11.1. The maximum atomic E-state index is 13.6. The van der Waals surface area contributed by atoms with Gasteiger partial charge in [0.1, 0.15) is 0 Å². The molecule has 0 radical (unpaired) electrons. The summed E-state index contributed by atoms with van der Waals surface area (Å²) in [5.74, 6) is 1.02. The van der Waals surface area contributed by atoms with Crippen molar-refractivity contribution in [3.8, 4) is 0 Å². The highest BCUT2D eigenvalue weighted by Crippen LogP contribution is 2.66. The summed E-state index contributed by atoms with van der Waals surface area (Å²) in [6, 6.07) is 13.6. The highest BCUT2D eigenvalue weighted by molar-refractivity contribution is 5.99. The number of nitrogens with one attached hydrogen (secondary N) is 1. The first kappa shape index (κ1) is 21.2. The van der Waals surface area contributed by atoms with Gasteiger partial charge in [0.25, 0.3) is 0 Å². The Morgan fingerprint density at radius 2 is 2.17 bits per heavy atom. The van der Waals surface area contributed by atoms with E-state index in [2.05, 4.69) is 28.0 Å². The molecule has 36 heavy (non-hydrogen) atoms. The zero-order valence-electron chi connectivity index (χ0n) is 19.8. The average Bonchev–Trinajstić information content (AvgIpc) is 3.35. The lowest BCUT2D eigenvalue weighted by atomic mass is 9.53. The number of hydrogen-bond donors (Lipinski definition) is 2. The first-order valence-electron chi connectivity index (χ1n) is 12.9. The van der Waals surface area contributed by atoms with E-state index in [1.54, 1.807) is 24.4 Å². The van der Waals surface area contributed by atoms with Gasteiger partial charge in [0.15, 0.2) is 5.69 Å². The van der Waals surface area contributed by atoms with Gasteiger partial charge < -0.3 is 14.8 Å². The molecule has 0 aromatic heterocycles. The Hall–Kier alpha value is -2.88. The number of quaternary nitrogens is 1. The van der Waals surface area contributed by atoms with Crippen LogP contribution in [0.5, 0.6) is 0 Å². The molecule has 1 aliphatic carbocycles. The second kappa shape index (κ2) is 7.34. The number of carbonyl (C=O) groups excluding carboxylic acids is 1. The normalized spacial score (nSPS) is 36.6. The van der Waals surface area contributed by atoms with E-state index in [0.717, 1.165) is 42.9 Å². The van der Waals surface area contributed by atoms with Gasteiger partial charge in [0.05, 0.1) is 30.9 Å². The molecule has 7 atom stereocenters. The molecule has 1 amide bonds. The van der Waals surface area contributed by atoms with Crippen molar-refractivity contribution in [2.24, 2.45) is 16.8 Å². The third-order valence-electron chi connectivity index (χ3n) is 9.79. The fraction of sp³-hybridized carbons (Fsp3) is 0.429. The fourth-order valence-electron chi connectivity index (χ4n) is 8.52. The van der Waals surface area contributed by atoms with Gasteiger partial charge in [0.2, 0.25) is 5.91 Å². The van der Waals surface area contributed by atoms with Crippen LogP contribution in [0, 0.1) is 17.0 Å². The van der Waals surface area contributed by atoms with Crippen LogP contribution in [0.25, 0.3) is 0 Å². The van der Waals surface area contributed by atoms with E-state index < -0.39 is 5.23 Å². The van der Waals surface area contributed by atoms with Crippen LogP contribution in [0.2, 0.25) is 0 Å². The van der Waals surface area contributed by atoms with E-state index in [9.17, 15) is 15.2 Å². The lowest BCUT2D eigenvalue weighted by Crippen LogP contribution is -2.99. The molecular formula is C28H28N4O4. The third-order valence-corrected chi connectivity index (χ3v) is 9.79. The molecule has 5 aliphatic heterocycles. The van der Waals surface area contributed by atoms with Gasteiger partial charge in [0, 0.05) is 48.0 Å². The quantitative estimate of drug-likeness (QED) is 0.396. The molecule has 4 fully saturated rings. The van der Waals surface area contributed by atoms with Crippen LogP contribution in [0.4, 0.5) is 17.1 Å². The van der Waals surface area contributed by atoms with Crippen molar-refractivity contribution in [1.29, 1.82) is 0 Å². The van der Waals surface area contributed by atoms with E-state index >= 15 is 0 Å². The molecule has 2 N–H and O–H groups in total. The predicted molar refractivity (Wildman–Crippen MR) is 133 cm³/mol. The molecular weight excluding hydrogens is 456 g/mol. The van der Waals surface area contributed by atoms with Crippen molar-refractivity contribution < 1.29 is 20.0 Å².